The molecular formula is C15H18N2O3. The minimum atomic E-state index is -1.01. The van der Waals surface area contributed by atoms with Crippen molar-refractivity contribution >= 4 is 28.6 Å². The van der Waals surface area contributed by atoms with Crippen LogP contribution in [-0.4, -0.2) is 28.0 Å². The van der Waals surface area contributed by atoms with E-state index < -0.39 is 12.0 Å². The molecule has 0 fully saturated rings. The van der Waals surface area contributed by atoms with Gasteiger partial charge in [-0.05, 0) is 18.1 Å². The van der Waals surface area contributed by atoms with Crippen LogP contribution >= 0.6 is 0 Å². The number of carbonyl (C=O) groups excluding carboxylic acids is 1. The number of fused-ring (bicyclic) bond motifs is 1. The van der Waals surface area contributed by atoms with E-state index in [2.05, 4.69) is 4.98 Å². The predicted octanol–water partition coefficient (Wildman–Crippen LogP) is 2.63. The molecule has 0 bridgehead atoms. The van der Waals surface area contributed by atoms with Crippen molar-refractivity contribution in [2.45, 2.75) is 26.8 Å². The van der Waals surface area contributed by atoms with Crippen LogP contribution < -0.4 is 4.90 Å². The molecule has 0 unspecified atom stereocenters. The Morgan fingerprint density at radius 3 is 2.40 bits per heavy atom. The van der Waals surface area contributed by atoms with Gasteiger partial charge in [0.1, 0.15) is 11.9 Å². The maximum Gasteiger partial charge on any atom is 0.327 e. The third-order valence-corrected chi connectivity index (χ3v) is 3.28. The van der Waals surface area contributed by atoms with Gasteiger partial charge >= 0.3 is 5.97 Å². The van der Waals surface area contributed by atoms with E-state index in [9.17, 15) is 14.7 Å². The van der Waals surface area contributed by atoms with Crippen molar-refractivity contribution < 1.29 is 14.7 Å². The number of aliphatic carboxylic acids is 1. The quantitative estimate of drug-likeness (QED) is 0.900. The van der Waals surface area contributed by atoms with Crippen LogP contribution in [0.1, 0.15) is 20.8 Å². The summed E-state index contributed by atoms with van der Waals surface area (Å²) in [5, 5.41) is 10.3. The summed E-state index contributed by atoms with van der Waals surface area (Å²) in [6.07, 6.45) is 0. The number of carboxylic acids is 1. The van der Waals surface area contributed by atoms with Crippen molar-refractivity contribution in [3.05, 3.63) is 30.3 Å². The predicted molar refractivity (Wildman–Crippen MR) is 77.7 cm³/mol. The van der Waals surface area contributed by atoms with Gasteiger partial charge in [-0.1, -0.05) is 32.0 Å². The van der Waals surface area contributed by atoms with Gasteiger partial charge in [0.2, 0.25) is 5.91 Å². The van der Waals surface area contributed by atoms with Crippen molar-refractivity contribution in [1.29, 1.82) is 0 Å². The Hall–Kier alpha value is -2.30. The number of hydrogen-bond acceptors (Lipinski definition) is 2. The first-order valence-corrected chi connectivity index (χ1v) is 6.52. The third kappa shape index (κ3) is 2.52. The highest BCUT2D eigenvalue weighted by Crippen LogP contribution is 2.25. The molecule has 5 nitrogen and oxygen atoms in total. The Bertz CT molecular complexity index is 612. The lowest BCUT2D eigenvalue weighted by Gasteiger charge is -2.29. The number of hydrogen-bond donors (Lipinski definition) is 2. The standard InChI is InChI=1S/C15H18N2O3/c1-9(2)14(15(19)20)17(10(3)18)13-8-11-6-4-5-7-12(11)16-13/h4-9,14,16H,1-3H3,(H,19,20)/t14-/m0/s1. The van der Waals surface area contributed by atoms with Crippen LogP contribution in [0.4, 0.5) is 5.82 Å². The molecule has 0 spiro atoms. The SMILES string of the molecule is CC(=O)N(c1cc2ccccc2[nH]1)[C@H](C(=O)O)C(C)C. The van der Waals surface area contributed by atoms with E-state index in [-0.39, 0.29) is 11.8 Å². The minimum absolute atomic E-state index is 0.192. The average Bonchev–Trinajstić information content (AvgIpc) is 2.77. The lowest BCUT2D eigenvalue weighted by Crippen LogP contribution is -2.47. The number of carbonyl (C=O) groups is 2. The highest BCUT2D eigenvalue weighted by molar-refractivity contribution is 5.99. The second kappa shape index (κ2) is 5.36. The molecule has 106 valence electrons. The molecule has 0 radical (unpaired) electrons. The van der Waals surface area contributed by atoms with Crippen molar-refractivity contribution in [1.82, 2.24) is 4.98 Å². The molecule has 2 aromatic rings. The summed E-state index contributed by atoms with van der Waals surface area (Å²) in [6.45, 7) is 4.96. The highest BCUT2D eigenvalue weighted by Gasteiger charge is 2.32. The molecule has 1 aromatic carbocycles. The number of carboxylic acid groups (broad SMARTS) is 1. The smallest absolute Gasteiger partial charge is 0.327 e. The topological polar surface area (TPSA) is 73.4 Å². The second-order valence-corrected chi connectivity index (χ2v) is 5.16. The summed E-state index contributed by atoms with van der Waals surface area (Å²) in [5.74, 6) is -0.978. The van der Waals surface area contributed by atoms with E-state index >= 15 is 0 Å². The van der Waals surface area contributed by atoms with E-state index in [0.29, 0.717) is 5.82 Å². The molecule has 0 saturated carbocycles. The Morgan fingerprint density at radius 2 is 1.90 bits per heavy atom. The number of nitrogens with one attached hydrogen (secondary N) is 1. The zero-order chi connectivity index (χ0) is 14.9. The van der Waals surface area contributed by atoms with Crippen LogP contribution in [0.3, 0.4) is 0 Å². The first-order chi connectivity index (χ1) is 9.41. The van der Waals surface area contributed by atoms with Gasteiger partial charge in [-0.15, -0.1) is 0 Å². The summed E-state index contributed by atoms with van der Waals surface area (Å²) < 4.78 is 0. The number of nitrogens with zero attached hydrogens (tertiary/aromatic N) is 1. The maximum absolute atomic E-state index is 11.9. The average molecular weight is 274 g/mol. The van der Waals surface area contributed by atoms with Crippen LogP contribution in [0.5, 0.6) is 0 Å². The summed E-state index contributed by atoms with van der Waals surface area (Å²) in [6, 6.07) is 8.50. The Morgan fingerprint density at radius 1 is 1.25 bits per heavy atom. The van der Waals surface area contributed by atoms with E-state index in [1.807, 2.05) is 24.3 Å². The number of amides is 1. The summed E-state index contributed by atoms with van der Waals surface area (Å²) >= 11 is 0. The van der Waals surface area contributed by atoms with Gasteiger partial charge in [0.15, 0.2) is 0 Å². The number of anilines is 1. The molecule has 0 aliphatic heterocycles. The lowest BCUT2D eigenvalue weighted by atomic mass is 10.0. The van der Waals surface area contributed by atoms with Crippen molar-refractivity contribution in [3.63, 3.8) is 0 Å². The van der Waals surface area contributed by atoms with E-state index in [1.165, 1.54) is 11.8 Å². The van der Waals surface area contributed by atoms with Crippen LogP contribution in [0, 0.1) is 5.92 Å². The van der Waals surface area contributed by atoms with Gasteiger partial charge in [0.05, 0.1) is 0 Å². The fraction of sp³-hybridized carbons (Fsp3) is 0.333. The van der Waals surface area contributed by atoms with Gasteiger partial charge in [-0.2, -0.15) is 0 Å². The molecule has 20 heavy (non-hydrogen) atoms. The van der Waals surface area contributed by atoms with Crippen molar-refractivity contribution in [2.24, 2.45) is 5.92 Å². The van der Waals surface area contributed by atoms with Gasteiger partial charge in [0.25, 0.3) is 0 Å². The van der Waals surface area contributed by atoms with Gasteiger partial charge in [-0.25, -0.2) is 4.79 Å². The van der Waals surface area contributed by atoms with E-state index in [1.54, 1.807) is 19.9 Å². The molecule has 0 saturated heterocycles. The van der Waals surface area contributed by atoms with E-state index in [0.717, 1.165) is 10.9 Å². The number of rotatable bonds is 4. The molecule has 0 aliphatic carbocycles. The molecule has 2 rings (SSSR count). The zero-order valence-electron chi connectivity index (χ0n) is 11.8. The molecule has 1 atom stereocenters. The number of H-pyrrole nitrogens is 1. The van der Waals surface area contributed by atoms with Crippen LogP contribution in [0.15, 0.2) is 30.3 Å². The number of aromatic amines is 1. The molecule has 1 heterocycles. The van der Waals surface area contributed by atoms with Gasteiger partial charge in [-0.3, -0.25) is 9.69 Å². The first kappa shape index (κ1) is 14.1. The fourth-order valence-electron chi connectivity index (χ4n) is 2.40. The van der Waals surface area contributed by atoms with Gasteiger partial charge < -0.3 is 10.1 Å². The third-order valence-electron chi connectivity index (χ3n) is 3.28. The monoisotopic (exact) mass is 274 g/mol. The molecule has 1 aromatic heterocycles. The van der Waals surface area contributed by atoms with Crippen LogP contribution in [-0.2, 0) is 9.59 Å². The molecular weight excluding hydrogens is 256 g/mol. The molecule has 2 N–H and O–H groups in total. The number of para-hydroxylation sites is 1. The maximum atomic E-state index is 11.9. The Kier molecular flexibility index (Phi) is 3.79. The number of aromatic nitrogens is 1. The summed E-state index contributed by atoms with van der Waals surface area (Å²) in [4.78, 5) is 27.8. The molecule has 5 heteroatoms. The molecule has 0 aliphatic rings. The lowest BCUT2D eigenvalue weighted by molar-refractivity contribution is -0.141. The Balaban J connectivity index is 2.52. The minimum Gasteiger partial charge on any atom is -0.480 e. The van der Waals surface area contributed by atoms with Gasteiger partial charge in [0, 0.05) is 17.8 Å². The van der Waals surface area contributed by atoms with E-state index in [4.69, 9.17) is 0 Å². The highest BCUT2D eigenvalue weighted by atomic mass is 16.4. The zero-order valence-corrected chi connectivity index (χ0v) is 11.8. The summed E-state index contributed by atoms with van der Waals surface area (Å²) in [5.41, 5.74) is 0.877. The second-order valence-electron chi connectivity index (χ2n) is 5.16. The first-order valence-electron chi connectivity index (χ1n) is 6.52. The largest absolute Gasteiger partial charge is 0.480 e. The van der Waals surface area contributed by atoms with Crippen LogP contribution in [0.25, 0.3) is 10.9 Å². The van der Waals surface area contributed by atoms with Crippen LogP contribution in [0.2, 0.25) is 0 Å². The normalized spacial score (nSPS) is 12.6. The fourth-order valence-corrected chi connectivity index (χ4v) is 2.40. The summed E-state index contributed by atoms with van der Waals surface area (Å²) in [7, 11) is 0. The molecule has 1 amide bonds. The van der Waals surface area contributed by atoms with Crippen molar-refractivity contribution in [3.8, 4) is 0 Å². The van der Waals surface area contributed by atoms with Crippen molar-refractivity contribution in [2.75, 3.05) is 4.90 Å². The Labute approximate surface area is 117 Å². The number of benzene rings is 1.